The predicted molar refractivity (Wildman–Crippen MR) is 176 cm³/mol. The van der Waals surface area contributed by atoms with Crippen molar-refractivity contribution < 1.29 is 86.6 Å². The summed E-state index contributed by atoms with van der Waals surface area (Å²) in [6.45, 7) is 5.15. The predicted octanol–water partition coefficient (Wildman–Crippen LogP) is 2.88. The van der Waals surface area contributed by atoms with Crippen LogP contribution >= 0.6 is 11.3 Å². The van der Waals surface area contributed by atoms with Gasteiger partial charge < -0.3 is 18.7 Å². The molecule has 238 valence electrons. The van der Waals surface area contributed by atoms with Crippen molar-refractivity contribution in [1.82, 2.24) is 0 Å². The average molecular weight is 707 g/mol. The van der Waals surface area contributed by atoms with E-state index in [2.05, 4.69) is 30.5 Å². The summed E-state index contributed by atoms with van der Waals surface area (Å²) in [7, 11) is -8.55. The van der Waals surface area contributed by atoms with Crippen LogP contribution in [0.5, 0.6) is 5.75 Å². The first-order chi connectivity index (χ1) is 21.4. The van der Waals surface area contributed by atoms with Gasteiger partial charge in [0.2, 0.25) is 11.4 Å². The van der Waals surface area contributed by atoms with E-state index in [1.807, 2.05) is 71.7 Å². The fraction of sp³-hybridized carbons (Fsp3) is 0.303. The Kier molecular flexibility index (Phi) is 12.8. The zero-order valence-corrected chi connectivity index (χ0v) is 31.7. The fourth-order valence-corrected chi connectivity index (χ4v) is 7.58. The summed E-state index contributed by atoms with van der Waals surface area (Å²) < 4.78 is 76.3. The molecule has 0 saturated heterocycles. The third-order valence-corrected chi connectivity index (χ3v) is 10.4. The molecule has 0 fully saturated rings. The Bertz CT molecular complexity index is 1970. The minimum atomic E-state index is -4.29. The van der Waals surface area contributed by atoms with Gasteiger partial charge in [-0.1, -0.05) is 47.7 Å². The number of thiazole rings is 1. The molecular weight excluding hydrogens is 672 g/mol. The Morgan fingerprint density at radius 1 is 0.848 bits per heavy atom. The van der Waals surface area contributed by atoms with E-state index in [1.54, 1.807) is 11.3 Å². The number of rotatable bonds is 13. The van der Waals surface area contributed by atoms with Crippen LogP contribution in [0.2, 0.25) is 0 Å². The molecule has 46 heavy (non-hydrogen) atoms. The van der Waals surface area contributed by atoms with Gasteiger partial charge in [0, 0.05) is 36.6 Å². The van der Waals surface area contributed by atoms with Crippen LogP contribution in [0.15, 0.2) is 78.7 Å². The number of benzene rings is 3. The Labute approximate surface area is 317 Å². The van der Waals surface area contributed by atoms with Crippen molar-refractivity contribution in [2.75, 3.05) is 23.0 Å². The summed E-state index contributed by atoms with van der Waals surface area (Å²) in [6.07, 6.45) is 7.30. The fourth-order valence-electron chi connectivity index (χ4n) is 5.28. The molecule has 0 aliphatic carbocycles. The van der Waals surface area contributed by atoms with E-state index in [0.29, 0.717) is 37.6 Å². The molecule has 0 unspecified atom stereocenters. The van der Waals surface area contributed by atoms with Crippen LogP contribution < -0.4 is 65.6 Å². The second-order valence-corrected chi connectivity index (χ2v) is 15.2. The molecule has 5 rings (SSSR count). The maximum absolute atomic E-state index is 11.2. The molecule has 4 aromatic rings. The minimum absolute atomic E-state index is 0. The Balaban J connectivity index is 0.00000480. The maximum atomic E-state index is 11.2. The molecule has 0 spiro atoms. The minimum Gasteiger partial charge on any atom is -0.748 e. The average Bonchev–Trinajstić information content (AvgIpc) is 3.49. The van der Waals surface area contributed by atoms with E-state index < -0.39 is 26.0 Å². The summed E-state index contributed by atoms with van der Waals surface area (Å²) in [5, 5.41) is 0.964. The molecule has 1 aromatic heterocycles. The van der Waals surface area contributed by atoms with Crippen molar-refractivity contribution in [3.63, 3.8) is 0 Å². The third kappa shape index (κ3) is 9.81. The van der Waals surface area contributed by atoms with E-state index >= 15 is 0 Å². The Morgan fingerprint density at radius 2 is 1.52 bits per heavy atom. The molecule has 0 amide bonds. The van der Waals surface area contributed by atoms with Crippen LogP contribution in [0, 0.1) is 13.8 Å². The standard InChI is InChI=1S/C33H36N2O7S3.K/c1-24-21-29-31(22-25(24)2)43-33(35(29)18-7-9-20-45(39,40)41)14-10-13-32-34(17-6-8-19-44(36,37)38)28-23-27(15-16-30(28)42-32)26-11-4-3-5-12-26;/h3-5,10-16,21-23H,6-9,17-20H2,1-2H3,(H-,36,37,38,39,40,41);/q;+1/p-1. The van der Waals surface area contributed by atoms with Gasteiger partial charge in [-0.05, 0) is 85.7 Å². The SMILES string of the molecule is Cc1cc2sc(/C=C/C=C3\Oc4ccc(-c5ccccc5)cc4N3CCCCS(=O)(=O)[O-])[n+](CCCCS(=O)(=O)[O-])c2cc1C.[K+]. The number of unbranched alkanes of at least 4 members (excludes halogenated alkanes) is 2. The van der Waals surface area contributed by atoms with Gasteiger partial charge >= 0.3 is 51.4 Å². The number of fused-ring (bicyclic) bond motifs is 2. The molecule has 2 heterocycles. The molecule has 0 bridgehead atoms. The Morgan fingerprint density at radius 3 is 2.22 bits per heavy atom. The summed E-state index contributed by atoms with van der Waals surface area (Å²) in [4.78, 5) is 2.00. The number of anilines is 1. The summed E-state index contributed by atoms with van der Waals surface area (Å²) >= 11 is 1.63. The van der Waals surface area contributed by atoms with Gasteiger partial charge in [0.15, 0.2) is 12.3 Å². The van der Waals surface area contributed by atoms with Crippen molar-refractivity contribution in [3.8, 4) is 16.9 Å². The maximum Gasteiger partial charge on any atom is 1.00 e. The van der Waals surface area contributed by atoms with Crippen molar-refractivity contribution in [1.29, 1.82) is 0 Å². The molecule has 1 aliphatic heterocycles. The smallest absolute Gasteiger partial charge is 0.748 e. The number of hydrogen-bond acceptors (Lipinski definition) is 9. The number of ether oxygens (including phenoxy) is 1. The first-order valence-electron chi connectivity index (χ1n) is 14.7. The third-order valence-electron chi connectivity index (χ3n) is 7.71. The van der Waals surface area contributed by atoms with E-state index in [-0.39, 0.29) is 70.0 Å². The second-order valence-electron chi connectivity index (χ2n) is 11.1. The molecule has 9 nitrogen and oxygen atoms in total. The zero-order valence-electron chi connectivity index (χ0n) is 26.1. The van der Waals surface area contributed by atoms with Crippen molar-refractivity contribution in [2.45, 2.75) is 46.1 Å². The van der Waals surface area contributed by atoms with Crippen LogP contribution in [-0.2, 0) is 26.8 Å². The Hall–Kier alpha value is -1.91. The van der Waals surface area contributed by atoms with Gasteiger partial charge in [-0.2, -0.15) is 4.57 Å². The van der Waals surface area contributed by atoms with E-state index in [1.165, 1.54) is 5.56 Å². The van der Waals surface area contributed by atoms with Gasteiger partial charge in [-0.15, -0.1) is 0 Å². The number of hydrogen-bond donors (Lipinski definition) is 0. The van der Waals surface area contributed by atoms with Gasteiger partial charge in [0.25, 0.3) is 5.01 Å². The molecule has 0 saturated carbocycles. The molecule has 13 heteroatoms. The molecule has 0 N–H and O–H groups in total. The van der Waals surface area contributed by atoms with Gasteiger partial charge in [-0.25, -0.2) is 16.8 Å². The van der Waals surface area contributed by atoms with Gasteiger partial charge in [0.05, 0.1) is 25.9 Å². The quantitative estimate of drug-likeness (QED) is 0.0899. The number of aromatic nitrogens is 1. The molecule has 0 atom stereocenters. The largest absolute Gasteiger partial charge is 1.00 e. The van der Waals surface area contributed by atoms with Crippen LogP contribution in [-0.4, -0.2) is 44.0 Å². The van der Waals surface area contributed by atoms with Crippen LogP contribution in [0.1, 0.15) is 41.8 Å². The van der Waals surface area contributed by atoms with Crippen LogP contribution in [0.3, 0.4) is 0 Å². The van der Waals surface area contributed by atoms with Crippen molar-refractivity contribution in [2.24, 2.45) is 0 Å². The number of aryl methyl sites for hydroxylation is 3. The molecule has 0 radical (unpaired) electrons. The van der Waals surface area contributed by atoms with Gasteiger partial charge in [0.1, 0.15) is 4.70 Å². The van der Waals surface area contributed by atoms with Crippen molar-refractivity contribution in [3.05, 3.63) is 94.8 Å². The first-order valence-corrected chi connectivity index (χ1v) is 18.7. The first kappa shape index (κ1) is 36.9. The van der Waals surface area contributed by atoms with E-state index in [0.717, 1.165) is 37.6 Å². The number of allylic oxidation sites excluding steroid dienone is 2. The topological polar surface area (TPSA) is 131 Å². The monoisotopic (exact) mass is 706 g/mol. The molecular formula is C33H35KN2O7S3. The second kappa shape index (κ2) is 16.0. The summed E-state index contributed by atoms with van der Waals surface area (Å²) in [6, 6.07) is 20.2. The summed E-state index contributed by atoms with van der Waals surface area (Å²) in [5.41, 5.74) is 6.32. The zero-order chi connectivity index (χ0) is 32.2. The van der Waals surface area contributed by atoms with E-state index in [4.69, 9.17) is 4.74 Å². The normalized spacial score (nSPS) is 14.2. The van der Waals surface area contributed by atoms with Crippen LogP contribution in [0.4, 0.5) is 5.69 Å². The van der Waals surface area contributed by atoms with Gasteiger partial charge in [-0.3, -0.25) is 0 Å². The number of nitrogens with zero attached hydrogens (tertiary/aromatic N) is 2. The summed E-state index contributed by atoms with van der Waals surface area (Å²) in [5.74, 6) is 0.465. The van der Waals surface area contributed by atoms with Crippen LogP contribution in [0.25, 0.3) is 27.4 Å². The van der Waals surface area contributed by atoms with Crippen molar-refractivity contribution >= 4 is 53.6 Å². The van der Waals surface area contributed by atoms with E-state index in [9.17, 15) is 25.9 Å². The molecule has 3 aromatic carbocycles. The molecule has 1 aliphatic rings.